The van der Waals surface area contributed by atoms with Crippen LogP contribution in [0.15, 0.2) is 49.1 Å². The van der Waals surface area contributed by atoms with Crippen molar-refractivity contribution >= 4 is 23.5 Å². The first-order valence-electron chi connectivity index (χ1n) is 8.23. The number of benzene rings is 1. The molecule has 0 N–H and O–H groups in total. The van der Waals surface area contributed by atoms with E-state index in [9.17, 15) is 19.7 Å². The predicted octanol–water partition coefficient (Wildman–Crippen LogP) is 3.64. The largest absolute Gasteiger partial charge is 0.454 e. The molecule has 140 valence electrons. The third kappa shape index (κ3) is 5.01. The summed E-state index contributed by atoms with van der Waals surface area (Å²) >= 11 is 0. The summed E-state index contributed by atoms with van der Waals surface area (Å²) in [6.45, 7) is 7.66. The predicted molar refractivity (Wildman–Crippen MR) is 102 cm³/mol. The van der Waals surface area contributed by atoms with Gasteiger partial charge in [0.05, 0.1) is 4.92 Å². The van der Waals surface area contributed by atoms with E-state index in [4.69, 9.17) is 4.74 Å². The molecule has 0 aliphatic carbocycles. The second kappa shape index (κ2) is 8.75. The summed E-state index contributed by atoms with van der Waals surface area (Å²) in [6, 6.07) is 7.48. The SMILES string of the molecule is C=CCn1c(C)cc(C(=O)COC(=O)C=Cc2ccc([N+](=O)[O-])cc2)c1C. The number of rotatable bonds is 8. The molecule has 7 heteroatoms. The Balaban J connectivity index is 1.95. The van der Waals surface area contributed by atoms with Gasteiger partial charge in [-0.1, -0.05) is 6.08 Å². The van der Waals surface area contributed by atoms with Gasteiger partial charge in [-0.15, -0.1) is 6.58 Å². The van der Waals surface area contributed by atoms with Crippen LogP contribution in [-0.2, 0) is 16.1 Å². The third-order valence-electron chi connectivity index (χ3n) is 4.05. The van der Waals surface area contributed by atoms with Crippen molar-refractivity contribution in [3.63, 3.8) is 0 Å². The lowest BCUT2D eigenvalue weighted by molar-refractivity contribution is -0.384. The number of carbonyl (C=O) groups is 2. The zero-order valence-corrected chi connectivity index (χ0v) is 15.2. The molecule has 2 rings (SSSR count). The fourth-order valence-electron chi connectivity index (χ4n) is 2.63. The van der Waals surface area contributed by atoms with Gasteiger partial charge in [0, 0.05) is 41.7 Å². The van der Waals surface area contributed by atoms with Crippen LogP contribution in [0, 0.1) is 24.0 Å². The minimum absolute atomic E-state index is 0.0330. The molecule has 27 heavy (non-hydrogen) atoms. The van der Waals surface area contributed by atoms with Crippen molar-refractivity contribution < 1.29 is 19.2 Å². The van der Waals surface area contributed by atoms with Gasteiger partial charge in [-0.05, 0) is 43.7 Å². The number of nitro benzene ring substituents is 1. The van der Waals surface area contributed by atoms with Crippen LogP contribution < -0.4 is 0 Å². The van der Waals surface area contributed by atoms with Gasteiger partial charge in [0.1, 0.15) is 0 Å². The molecule has 1 heterocycles. The lowest BCUT2D eigenvalue weighted by Gasteiger charge is -2.06. The zero-order valence-electron chi connectivity index (χ0n) is 15.2. The second-order valence-corrected chi connectivity index (χ2v) is 5.90. The summed E-state index contributed by atoms with van der Waals surface area (Å²) in [4.78, 5) is 34.2. The van der Waals surface area contributed by atoms with Crippen LogP contribution in [0.5, 0.6) is 0 Å². The highest BCUT2D eigenvalue weighted by Crippen LogP contribution is 2.16. The van der Waals surface area contributed by atoms with E-state index >= 15 is 0 Å². The number of Topliss-reactive ketones (excluding diaryl/α,β-unsaturated/α-hetero) is 1. The molecule has 0 amide bonds. The Morgan fingerprint density at radius 2 is 1.93 bits per heavy atom. The smallest absolute Gasteiger partial charge is 0.331 e. The maximum atomic E-state index is 12.3. The molecule has 0 saturated heterocycles. The molecule has 0 aliphatic rings. The van der Waals surface area contributed by atoms with E-state index in [0.29, 0.717) is 17.7 Å². The standard InChI is InChI=1S/C20H20N2O5/c1-4-11-21-14(2)12-18(15(21)3)19(23)13-27-20(24)10-7-16-5-8-17(9-6-16)22(25)26/h4-10,12H,1,11,13H2,2-3H3. The first kappa shape index (κ1) is 19.8. The van der Waals surface area contributed by atoms with Crippen LogP contribution in [0.2, 0.25) is 0 Å². The van der Waals surface area contributed by atoms with E-state index in [2.05, 4.69) is 6.58 Å². The van der Waals surface area contributed by atoms with Gasteiger partial charge in [-0.2, -0.15) is 0 Å². The molecule has 0 bridgehead atoms. The third-order valence-corrected chi connectivity index (χ3v) is 4.05. The summed E-state index contributed by atoms with van der Waals surface area (Å²) in [5, 5.41) is 10.6. The van der Waals surface area contributed by atoms with Crippen molar-refractivity contribution in [3.05, 3.63) is 81.7 Å². The molecule has 0 fully saturated rings. The summed E-state index contributed by atoms with van der Waals surface area (Å²) in [6.07, 6.45) is 4.39. The summed E-state index contributed by atoms with van der Waals surface area (Å²) in [7, 11) is 0. The Kier molecular flexibility index (Phi) is 6.43. The van der Waals surface area contributed by atoms with Gasteiger partial charge in [-0.3, -0.25) is 14.9 Å². The minimum Gasteiger partial charge on any atom is -0.454 e. The number of hydrogen-bond acceptors (Lipinski definition) is 5. The highest BCUT2D eigenvalue weighted by atomic mass is 16.6. The molecule has 1 aromatic carbocycles. The van der Waals surface area contributed by atoms with Crippen LogP contribution >= 0.6 is 0 Å². The average molecular weight is 368 g/mol. The summed E-state index contributed by atoms with van der Waals surface area (Å²) in [5.74, 6) is -0.947. The van der Waals surface area contributed by atoms with Crippen molar-refractivity contribution in [2.75, 3.05) is 6.61 Å². The van der Waals surface area contributed by atoms with Gasteiger partial charge in [0.15, 0.2) is 6.61 Å². The Hall–Kier alpha value is -3.48. The highest BCUT2D eigenvalue weighted by molar-refractivity contribution is 6.00. The Bertz CT molecular complexity index is 907. The maximum absolute atomic E-state index is 12.3. The van der Waals surface area contributed by atoms with Crippen molar-refractivity contribution in [1.82, 2.24) is 4.57 Å². The zero-order chi connectivity index (χ0) is 20.0. The van der Waals surface area contributed by atoms with E-state index in [-0.39, 0.29) is 18.1 Å². The van der Waals surface area contributed by atoms with Crippen molar-refractivity contribution in [1.29, 1.82) is 0 Å². The van der Waals surface area contributed by atoms with E-state index in [0.717, 1.165) is 11.4 Å². The molecule has 7 nitrogen and oxygen atoms in total. The number of nitrogens with zero attached hydrogens (tertiary/aromatic N) is 2. The van der Waals surface area contributed by atoms with E-state index in [1.807, 2.05) is 18.4 Å². The molecular formula is C20H20N2O5. The number of allylic oxidation sites excluding steroid dienone is 1. The number of esters is 1. The van der Waals surface area contributed by atoms with Gasteiger partial charge in [0.25, 0.3) is 5.69 Å². The highest BCUT2D eigenvalue weighted by Gasteiger charge is 2.16. The molecule has 0 saturated carbocycles. The molecule has 0 radical (unpaired) electrons. The fraction of sp³-hybridized carbons (Fsp3) is 0.200. The van der Waals surface area contributed by atoms with Crippen molar-refractivity contribution in [2.45, 2.75) is 20.4 Å². The molecule has 1 aromatic heterocycles. The second-order valence-electron chi connectivity index (χ2n) is 5.90. The number of carbonyl (C=O) groups excluding carboxylic acids is 2. The van der Waals surface area contributed by atoms with E-state index in [1.54, 1.807) is 12.1 Å². The van der Waals surface area contributed by atoms with Crippen molar-refractivity contribution in [3.8, 4) is 0 Å². The number of non-ortho nitro benzene ring substituents is 1. The Morgan fingerprint density at radius 1 is 1.26 bits per heavy atom. The van der Waals surface area contributed by atoms with Crippen LogP contribution in [0.1, 0.15) is 27.3 Å². The van der Waals surface area contributed by atoms with Crippen molar-refractivity contribution in [2.24, 2.45) is 0 Å². The van der Waals surface area contributed by atoms with E-state index < -0.39 is 10.9 Å². The van der Waals surface area contributed by atoms with Gasteiger partial charge >= 0.3 is 5.97 Å². The van der Waals surface area contributed by atoms with Crippen LogP contribution in [0.25, 0.3) is 6.08 Å². The van der Waals surface area contributed by atoms with Crippen LogP contribution in [0.3, 0.4) is 0 Å². The van der Waals surface area contributed by atoms with Gasteiger partial charge < -0.3 is 9.30 Å². The average Bonchev–Trinajstić information content (AvgIpc) is 2.93. The molecule has 0 aliphatic heterocycles. The van der Waals surface area contributed by atoms with E-state index in [1.165, 1.54) is 36.4 Å². The minimum atomic E-state index is -0.665. The molecule has 0 unspecified atom stereocenters. The number of ketones is 1. The summed E-state index contributed by atoms with van der Waals surface area (Å²) in [5.41, 5.74) is 2.82. The molecular weight excluding hydrogens is 348 g/mol. The number of aryl methyl sites for hydroxylation is 1. The van der Waals surface area contributed by atoms with Crippen LogP contribution in [-0.4, -0.2) is 27.8 Å². The molecule has 2 aromatic rings. The fourth-order valence-corrected chi connectivity index (χ4v) is 2.63. The lowest BCUT2D eigenvalue weighted by Crippen LogP contribution is -2.13. The Labute approximate surface area is 156 Å². The first-order chi connectivity index (χ1) is 12.8. The maximum Gasteiger partial charge on any atom is 0.331 e. The van der Waals surface area contributed by atoms with Crippen LogP contribution in [0.4, 0.5) is 5.69 Å². The number of aromatic nitrogens is 1. The summed E-state index contributed by atoms with van der Waals surface area (Å²) < 4.78 is 6.95. The first-order valence-corrected chi connectivity index (χ1v) is 8.23. The number of ether oxygens (including phenoxy) is 1. The topological polar surface area (TPSA) is 91.4 Å². The Morgan fingerprint density at radius 3 is 2.52 bits per heavy atom. The quantitative estimate of drug-likeness (QED) is 0.177. The van der Waals surface area contributed by atoms with Gasteiger partial charge in [0.2, 0.25) is 5.78 Å². The lowest BCUT2D eigenvalue weighted by atomic mass is 10.1. The normalized spacial score (nSPS) is 10.7. The monoisotopic (exact) mass is 368 g/mol. The number of nitro groups is 1. The number of hydrogen-bond donors (Lipinski definition) is 0. The van der Waals surface area contributed by atoms with Gasteiger partial charge in [-0.25, -0.2) is 4.79 Å². The molecule has 0 atom stereocenters. The molecule has 0 spiro atoms.